The highest BCUT2D eigenvalue weighted by molar-refractivity contribution is 6.31. The molecule has 0 radical (unpaired) electrons. The quantitative estimate of drug-likeness (QED) is 0.530. The van der Waals surface area contributed by atoms with Crippen molar-refractivity contribution in [3.63, 3.8) is 0 Å². The van der Waals surface area contributed by atoms with E-state index < -0.39 is 11.7 Å². The van der Waals surface area contributed by atoms with Gasteiger partial charge in [0.05, 0.1) is 0 Å². The topological polar surface area (TPSA) is 60.9 Å². The molecule has 0 aliphatic carbocycles. The standard InChI is InChI=1S/C26H23ClFN3O3/c1-18-22(27)11-6-12-23(18)31-17-30(16-25(31)33)24(32)15-29(14-19-7-3-2-4-8-19)26(34)20-9-5-10-21(28)13-20/h2-13H,14-17H2,1H3. The minimum absolute atomic E-state index is 0.0617. The maximum atomic E-state index is 13.7. The fourth-order valence-corrected chi connectivity index (χ4v) is 4.05. The lowest BCUT2D eigenvalue weighted by atomic mass is 10.1. The molecular formula is C26H23ClFN3O3. The molecule has 0 aromatic heterocycles. The molecule has 0 spiro atoms. The molecule has 3 amide bonds. The number of amides is 3. The molecule has 34 heavy (non-hydrogen) atoms. The van der Waals surface area contributed by atoms with E-state index in [1.165, 1.54) is 32.9 Å². The molecule has 0 atom stereocenters. The molecule has 4 rings (SSSR count). The van der Waals surface area contributed by atoms with Gasteiger partial charge in [0.15, 0.2) is 0 Å². The zero-order valence-electron chi connectivity index (χ0n) is 18.6. The van der Waals surface area contributed by atoms with Crippen molar-refractivity contribution in [2.75, 3.05) is 24.7 Å². The van der Waals surface area contributed by atoms with Crippen LogP contribution in [0.25, 0.3) is 0 Å². The predicted molar refractivity (Wildman–Crippen MR) is 128 cm³/mol. The van der Waals surface area contributed by atoms with Gasteiger partial charge in [0.25, 0.3) is 5.91 Å². The summed E-state index contributed by atoms with van der Waals surface area (Å²) in [7, 11) is 0. The van der Waals surface area contributed by atoms with Gasteiger partial charge in [-0.1, -0.05) is 54.1 Å². The van der Waals surface area contributed by atoms with Crippen molar-refractivity contribution in [3.8, 4) is 0 Å². The highest BCUT2D eigenvalue weighted by Crippen LogP contribution is 2.28. The number of nitrogens with zero attached hydrogens (tertiary/aromatic N) is 3. The van der Waals surface area contributed by atoms with Gasteiger partial charge in [0, 0.05) is 22.8 Å². The van der Waals surface area contributed by atoms with Gasteiger partial charge in [-0.3, -0.25) is 19.3 Å². The van der Waals surface area contributed by atoms with Crippen LogP contribution >= 0.6 is 11.6 Å². The van der Waals surface area contributed by atoms with Crippen LogP contribution in [-0.4, -0.2) is 47.3 Å². The van der Waals surface area contributed by atoms with Crippen molar-refractivity contribution < 1.29 is 18.8 Å². The first-order valence-electron chi connectivity index (χ1n) is 10.8. The van der Waals surface area contributed by atoms with E-state index >= 15 is 0 Å². The smallest absolute Gasteiger partial charge is 0.254 e. The number of hydrogen-bond acceptors (Lipinski definition) is 3. The average Bonchev–Trinajstić information content (AvgIpc) is 3.22. The Morgan fingerprint density at radius 2 is 1.76 bits per heavy atom. The average molecular weight is 480 g/mol. The molecule has 1 saturated heterocycles. The molecule has 1 aliphatic rings. The molecule has 1 aliphatic heterocycles. The molecular weight excluding hydrogens is 457 g/mol. The number of rotatable bonds is 6. The molecule has 0 saturated carbocycles. The molecule has 174 valence electrons. The summed E-state index contributed by atoms with van der Waals surface area (Å²) in [5.41, 5.74) is 2.37. The van der Waals surface area contributed by atoms with Gasteiger partial charge in [-0.15, -0.1) is 0 Å². The van der Waals surface area contributed by atoms with E-state index in [0.717, 1.165) is 17.2 Å². The lowest BCUT2D eigenvalue weighted by molar-refractivity contribution is -0.132. The Hall–Kier alpha value is -3.71. The first-order valence-corrected chi connectivity index (χ1v) is 11.1. The Kier molecular flexibility index (Phi) is 6.93. The van der Waals surface area contributed by atoms with Crippen LogP contribution in [-0.2, 0) is 16.1 Å². The van der Waals surface area contributed by atoms with Crippen molar-refractivity contribution in [1.29, 1.82) is 0 Å². The molecule has 0 bridgehead atoms. The third kappa shape index (κ3) is 5.10. The Balaban J connectivity index is 1.54. The monoisotopic (exact) mass is 479 g/mol. The lowest BCUT2D eigenvalue weighted by Gasteiger charge is -2.25. The Morgan fingerprint density at radius 3 is 2.50 bits per heavy atom. The van der Waals surface area contributed by atoms with E-state index in [4.69, 9.17) is 11.6 Å². The van der Waals surface area contributed by atoms with Crippen LogP contribution in [0, 0.1) is 12.7 Å². The van der Waals surface area contributed by atoms with E-state index in [-0.39, 0.29) is 43.7 Å². The third-order valence-electron chi connectivity index (χ3n) is 5.72. The Morgan fingerprint density at radius 1 is 1.03 bits per heavy atom. The van der Waals surface area contributed by atoms with E-state index in [1.54, 1.807) is 18.2 Å². The summed E-state index contributed by atoms with van der Waals surface area (Å²) in [6.45, 7) is 1.69. The van der Waals surface area contributed by atoms with Crippen LogP contribution < -0.4 is 4.90 Å². The van der Waals surface area contributed by atoms with Crippen molar-refractivity contribution in [2.45, 2.75) is 13.5 Å². The number of carbonyl (C=O) groups is 3. The van der Waals surface area contributed by atoms with Crippen LogP contribution in [0.1, 0.15) is 21.5 Å². The van der Waals surface area contributed by atoms with Gasteiger partial charge in [-0.05, 0) is 48.4 Å². The van der Waals surface area contributed by atoms with Crippen LogP contribution in [0.4, 0.5) is 10.1 Å². The molecule has 8 heteroatoms. The van der Waals surface area contributed by atoms with E-state index in [0.29, 0.717) is 10.7 Å². The first kappa shape index (κ1) is 23.4. The predicted octanol–water partition coefficient (Wildman–Crippen LogP) is 4.26. The minimum Gasteiger partial charge on any atom is -0.325 e. The molecule has 1 fully saturated rings. The SMILES string of the molecule is Cc1c(Cl)cccc1N1CN(C(=O)CN(Cc2ccccc2)C(=O)c2cccc(F)c2)CC1=O. The van der Waals surface area contributed by atoms with Gasteiger partial charge in [0.1, 0.15) is 25.6 Å². The highest BCUT2D eigenvalue weighted by Gasteiger charge is 2.34. The summed E-state index contributed by atoms with van der Waals surface area (Å²) in [4.78, 5) is 43.3. The van der Waals surface area contributed by atoms with Gasteiger partial charge in [-0.2, -0.15) is 0 Å². The van der Waals surface area contributed by atoms with Crippen molar-refractivity contribution in [1.82, 2.24) is 9.80 Å². The van der Waals surface area contributed by atoms with Gasteiger partial charge < -0.3 is 9.80 Å². The van der Waals surface area contributed by atoms with Crippen LogP contribution in [0.5, 0.6) is 0 Å². The lowest BCUT2D eigenvalue weighted by Crippen LogP contribution is -2.42. The minimum atomic E-state index is -0.533. The Bertz CT molecular complexity index is 1230. The number of halogens is 2. The molecule has 0 N–H and O–H groups in total. The van der Waals surface area contributed by atoms with Crippen molar-refractivity contribution in [2.24, 2.45) is 0 Å². The summed E-state index contributed by atoms with van der Waals surface area (Å²) in [5, 5.41) is 0.532. The molecule has 0 unspecified atom stereocenters. The summed E-state index contributed by atoms with van der Waals surface area (Å²) in [5.74, 6) is -1.61. The zero-order valence-corrected chi connectivity index (χ0v) is 19.3. The number of hydrogen-bond donors (Lipinski definition) is 0. The van der Waals surface area contributed by atoms with Crippen LogP contribution in [0.3, 0.4) is 0 Å². The van der Waals surface area contributed by atoms with Gasteiger partial charge >= 0.3 is 0 Å². The number of carbonyl (C=O) groups excluding carboxylic acids is 3. The zero-order chi connectivity index (χ0) is 24.2. The van der Waals surface area contributed by atoms with Gasteiger partial charge in [0.2, 0.25) is 11.8 Å². The maximum absolute atomic E-state index is 13.7. The highest BCUT2D eigenvalue weighted by atomic mass is 35.5. The summed E-state index contributed by atoms with van der Waals surface area (Å²) in [6, 6.07) is 19.9. The summed E-state index contributed by atoms with van der Waals surface area (Å²) < 4.78 is 13.7. The number of benzene rings is 3. The first-order chi connectivity index (χ1) is 16.3. The second-order valence-corrected chi connectivity index (χ2v) is 8.50. The summed E-state index contributed by atoms with van der Waals surface area (Å²) >= 11 is 6.20. The molecule has 1 heterocycles. The van der Waals surface area contributed by atoms with Crippen molar-refractivity contribution >= 4 is 35.0 Å². The fourth-order valence-electron chi connectivity index (χ4n) is 3.88. The normalized spacial score (nSPS) is 13.3. The largest absolute Gasteiger partial charge is 0.325 e. The molecule has 6 nitrogen and oxygen atoms in total. The molecule has 3 aromatic carbocycles. The third-order valence-corrected chi connectivity index (χ3v) is 6.13. The Labute approximate surface area is 202 Å². The second-order valence-electron chi connectivity index (χ2n) is 8.10. The van der Waals surface area contributed by atoms with Gasteiger partial charge in [-0.25, -0.2) is 4.39 Å². The van der Waals surface area contributed by atoms with E-state index in [2.05, 4.69) is 0 Å². The summed E-state index contributed by atoms with van der Waals surface area (Å²) in [6.07, 6.45) is 0. The molecule has 3 aromatic rings. The van der Waals surface area contributed by atoms with Crippen LogP contribution in [0.2, 0.25) is 5.02 Å². The van der Waals surface area contributed by atoms with Crippen molar-refractivity contribution in [3.05, 3.63) is 100 Å². The maximum Gasteiger partial charge on any atom is 0.254 e. The number of anilines is 1. The fraction of sp³-hybridized carbons (Fsp3) is 0.192. The van der Waals surface area contributed by atoms with E-state index in [9.17, 15) is 18.8 Å². The van der Waals surface area contributed by atoms with E-state index in [1.807, 2.05) is 37.3 Å². The van der Waals surface area contributed by atoms with Crippen LogP contribution in [0.15, 0.2) is 72.8 Å². The second kappa shape index (κ2) is 10.1.